The lowest BCUT2D eigenvalue weighted by molar-refractivity contribution is -0.146. The number of benzene rings is 1. The van der Waals surface area contributed by atoms with Gasteiger partial charge in [0.25, 0.3) is 0 Å². The van der Waals surface area contributed by atoms with Gasteiger partial charge >= 0.3 is 12.1 Å². The number of primary amides is 1. The molecule has 1 fully saturated rings. The van der Waals surface area contributed by atoms with Crippen LogP contribution in [0.2, 0.25) is 0 Å². The Balaban J connectivity index is 2.53. The summed E-state index contributed by atoms with van der Waals surface area (Å²) in [6, 6.07) is 2.63. The summed E-state index contributed by atoms with van der Waals surface area (Å²) in [7, 11) is 1.20. The fourth-order valence-electron chi connectivity index (χ4n) is 4.08. The van der Waals surface area contributed by atoms with Crippen molar-refractivity contribution in [3.05, 3.63) is 34.9 Å². The van der Waals surface area contributed by atoms with Crippen molar-refractivity contribution < 1.29 is 33.4 Å². The van der Waals surface area contributed by atoms with Crippen LogP contribution in [0.3, 0.4) is 0 Å². The summed E-state index contributed by atoms with van der Waals surface area (Å²) in [5.41, 5.74) is 6.84. The van der Waals surface area contributed by atoms with E-state index in [2.05, 4.69) is 15.4 Å². The molecule has 1 aliphatic carbocycles. The van der Waals surface area contributed by atoms with E-state index in [4.69, 9.17) is 10.5 Å². The molecule has 0 radical (unpaired) electrons. The number of hydrogen-bond acceptors (Lipinski definition) is 7. The summed E-state index contributed by atoms with van der Waals surface area (Å²) in [6.45, 7) is 10.3. The fourth-order valence-corrected chi connectivity index (χ4v) is 4.08. The van der Waals surface area contributed by atoms with E-state index in [0.717, 1.165) is 11.1 Å². The Morgan fingerprint density at radius 1 is 1.16 bits per heavy atom. The van der Waals surface area contributed by atoms with E-state index in [0.29, 0.717) is 12.0 Å². The molecule has 0 spiro atoms. The van der Waals surface area contributed by atoms with Crippen LogP contribution in [-0.2, 0) is 28.7 Å². The Morgan fingerprint density at radius 2 is 1.78 bits per heavy atom. The molecular formula is C26H38N4O7. The van der Waals surface area contributed by atoms with Crippen LogP contribution in [0.25, 0.3) is 0 Å². The molecule has 11 heteroatoms. The molecule has 1 aromatic rings. The van der Waals surface area contributed by atoms with Gasteiger partial charge in [0.2, 0.25) is 17.7 Å². The molecular weight excluding hydrogens is 480 g/mol. The van der Waals surface area contributed by atoms with Gasteiger partial charge in [-0.3, -0.25) is 19.2 Å². The minimum Gasteiger partial charge on any atom is -0.468 e. The largest absolute Gasteiger partial charge is 0.468 e. The smallest absolute Gasteiger partial charge is 0.408 e. The van der Waals surface area contributed by atoms with Crippen molar-refractivity contribution in [2.24, 2.45) is 11.7 Å². The summed E-state index contributed by atoms with van der Waals surface area (Å²) in [6.07, 6.45) is -0.763. The van der Waals surface area contributed by atoms with Crippen molar-refractivity contribution in [3.8, 4) is 0 Å². The number of methoxy groups -OCH3 is 1. The second kappa shape index (κ2) is 12.1. The van der Waals surface area contributed by atoms with Gasteiger partial charge in [0.15, 0.2) is 0 Å². The van der Waals surface area contributed by atoms with Gasteiger partial charge in [0.05, 0.1) is 13.5 Å². The zero-order chi connectivity index (χ0) is 28.1. The van der Waals surface area contributed by atoms with E-state index < -0.39 is 53.9 Å². The number of nitrogens with one attached hydrogen (secondary N) is 2. The summed E-state index contributed by atoms with van der Waals surface area (Å²) in [5, 5.41) is 5.00. The van der Waals surface area contributed by atoms with E-state index in [1.165, 1.54) is 12.0 Å². The summed E-state index contributed by atoms with van der Waals surface area (Å²) < 4.78 is 9.90. The highest BCUT2D eigenvalue weighted by Crippen LogP contribution is 2.41. The third kappa shape index (κ3) is 8.47. The maximum absolute atomic E-state index is 14.0. The molecule has 0 saturated heterocycles. The molecule has 0 aromatic heterocycles. The summed E-state index contributed by atoms with van der Waals surface area (Å²) in [4.78, 5) is 65.0. The first-order valence-electron chi connectivity index (χ1n) is 12.2. The zero-order valence-electron chi connectivity index (χ0n) is 22.5. The number of carbonyl (C=O) groups is 5. The number of nitrogens with zero attached hydrogens (tertiary/aromatic N) is 1. The van der Waals surface area contributed by atoms with Gasteiger partial charge in [-0.2, -0.15) is 0 Å². The van der Waals surface area contributed by atoms with Gasteiger partial charge in [-0.25, -0.2) is 4.79 Å². The van der Waals surface area contributed by atoms with Crippen LogP contribution < -0.4 is 16.4 Å². The predicted molar refractivity (Wildman–Crippen MR) is 135 cm³/mol. The second-order valence-electron chi connectivity index (χ2n) is 10.5. The van der Waals surface area contributed by atoms with Crippen molar-refractivity contribution in [3.63, 3.8) is 0 Å². The first-order valence-corrected chi connectivity index (χ1v) is 12.2. The van der Waals surface area contributed by atoms with E-state index in [1.54, 1.807) is 26.8 Å². The number of hydrogen-bond donors (Lipinski definition) is 3. The number of ether oxygens (including phenoxy) is 2. The highest BCUT2D eigenvalue weighted by Gasteiger charge is 2.48. The molecule has 1 saturated carbocycles. The van der Waals surface area contributed by atoms with Gasteiger partial charge < -0.3 is 30.7 Å². The van der Waals surface area contributed by atoms with Crippen LogP contribution in [0.4, 0.5) is 4.79 Å². The number of aryl methyl sites for hydroxylation is 2. The minimum atomic E-state index is -1.36. The van der Waals surface area contributed by atoms with Crippen LogP contribution in [0.5, 0.6) is 0 Å². The lowest BCUT2D eigenvalue weighted by Gasteiger charge is -2.35. The number of alkyl carbamates (subject to hydrolysis) is 1. The van der Waals surface area contributed by atoms with Gasteiger partial charge in [-0.05, 0) is 58.1 Å². The Kier molecular flexibility index (Phi) is 9.66. The average molecular weight is 519 g/mol. The van der Waals surface area contributed by atoms with E-state index >= 15 is 0 Å². The molecule has 0 aliphatic heterocycles. The molecule has 4 unspecified atom stereocenters. The topological polar surface area (TPSA) is 157 Å². The third-order valence-corrected chi connectivity index (χ3v) is 5.95. The van der Waals surface area contributed by atoms with Crippen molar-refractivity contribution in [2.45, 2.75) is 78.1 Å². The van der Waals surface area contributed by atoms with Crippen LogP contribution >= 0.6 is 0 Å². The number of esters is 1. The van der Waals surface area contributed by atoms with Gasteiger partial charge in [-0.1, -0.05) is 30.7 Å². The highest BCUT2D eigenvalue weighted by molar-refractivity contribution is 5.95. The van der Waals surface area contributed by atoms with Gasteiger partial charge in [0, 0.05) is 6.04 Å². The van der Waals surface area contributed by atoms with Crippen molar-refractivity contribution in [2.75, 3.05) is 13.7 Å². The van der Waals surface area contributed by atoms with Gasteiger partial charge in [0.1, 0.15) is 24.2 Å². The van der Waals surface area contributed by atoms with Crippen molar-refractivity contribution in [1.82, 2.24) is 15.5 Å². The molecule has 2 rings (SSSR count). The van der Waals surface area contributed by atoms with Crippen LogP contribution in [0.15, 0.2) is 18.2 Å². The molecule has 0 bridgehead atoms. The molecule has 204 valence electrons. The average Bonchev–Trinajstić information content (AvgIpc) is 3.49. The molecule has 11 nitrogen and oxygen atoms in total. The Bertz CT molecular complexity index is 1050. The molecule has 1 aromatic carbocycles. The highest BCUT2D eigenvalue weighted by atomic mass is 16.6. The Labute approximate surface area is 217 Å². The molecule has 1 aliphatic rings. The SMILES string of the molecule is COC(=O)CNC(=O)C(c1ccc(C)cc1C)N(C(=O)C(CC(N)=O)NC(=O)OC(C)(C)C)C1CC1C. The predicted octanol–water partition coefficient (Wildman–Crippen LogP) is 1.64. The second-order valence-corrected chi connectivity index (χ2v) is 10.5. The number of nitrogens with two attached hydrogens (primary N) is 1. The van der Waals surface area contributed by atoms with Crippen molar-refractivity contribution in [1.29, 1.82) is 0 Å². The molecule has 0 heterocycles. The molecule has 4 atom stereocenters. The van der Waals surface area contributed by atoms with Crippen LogP contribution in [0.1, 0.15) is 63.3 Å². The van der Waals surface area contributed by atoms with E-state index in [9.17, 15) is 24.0 Å². The lowest BCUT2D eigenvalue weighted by Crippen LogP contribution is -2.55. The molecule has 4 N–H and O–H groups in total. The number of amides is 4. The first-order chi connectivity index (χ1) is 17.1. The lowest BCUT2D eigenvalue weighted by atomic mass is 9.96. The Morgan fingerprint density at radius 3 is 2.27 bits per heavy atom. The normalized spacial score (nSPS) is 18.1. The summed E-state index contributed by atoms with van der Waals surface area (Å²) in [5.74, 6) is -2.64. The summed E-state index contributed by atoms with van der Waals surface area (Å²) >= 11 is 0. The maximum atomic E-state index is 14.0. The van der Waals surface area contributed by atoms with Gasteiger partial charge in [-0.15, -0.1) is 0 Å². The van der Waals surface area contributed by atoms with Crippen molar-refractivity contribution >= 4 is 29.8 Å². The van der Waals surface area contributed by atoms with E-state index in [-0.39, 0.29) is 18.5 Å². The Hall–Kier alpha value is -3.63. The van der Waals surface area contributed by atoms with E-state index in [1.807, 2.05) is 32.9 Å². The monoisotopic (exact) mass is 518 g/mol. The third-order valence-electron chi connectivity index (χ3n) is 5.95. The molecule has 37 heavy (non-hydrogen) atoms. The number of rotatable bonds is 10. The molecule has 4 amide bonds. The zero-order valence-corrected chi connectivity index (χ0v) is 22.5. The minimum absolute atomic E-state index is 0.0707. The fraction of sp³-hybridized carbons (Fsp3) is 0.577. The maximum Gasteiger partial charge on any atom is 0.408 e. The first kappa shape index (κ1) is 29.6. The van der Waals surface area contributed by atoms with Crippen LogP contribution in [-0.4, -0.2) is 66.0 Å². The number of carbonyl (C=O) groups excluding carboxylic acids is 5. The quantitative estimate of drug-likeness (QED) is 0.397. The van der Waals surface area contributed by atoms with Crippen LogP contribution in [0, 0.1) is 19.8 Å². The standard InChI is InChI=1S/C26H38N4O7/c1-14-8-9-17(15(2)10-14)22(23(33)28-13-21(32)36-7)30(19-11-16(19)3)24(34)18(12-20(27)31)29-25(35)37-26(4,5)6/h8-10,16,18-19,22H,11-13H2,1-7H3,(H2,27,31)(H,28,33)(H,29,35).